The lowest BCUT2D eigenvalue weighted by Crippen LogP contribution is -2.35. The molecule has 136 valence electrons. The van der Waals surface area contributed by atoms with Crippen LogP contribution in [0.3, 0.4) is 0 Å². The zero-order valence-electron chi connectivity index (χ0n) is 15.1. The van der Waals surface area contributed by atoms with Gasteiger partial charge in [0, 0.05) is 30.2 Å². The van der Waals surface area contributed by atoms with E-state index in [2.05, 4.69) is 35.3 Å². The summed E-state index contributed by atoms with van der Waals surface area (Å²) in [4.78, 5) is 20.5. The number of hydrogen-bond donors (Lipinski definition) is 0. The van der Waals surface area contributed by atoms with Gasteiger partial charge in [0.05, 0.1) is 4.88 Å². The van der Waals surface area contributed by atoms with Gasteiger partial charge in [0.15, 0.2) is 0 Å². The number of benzene rings is 1. The molecule has 1 saturated carbocycles. The molecule has 27 heavy (non-hydrogen) atoms. The Morgan fingerprint density at radius 1 is 1.15 bits per heavy atom. The van der Waals surface area contributed by atoms with Crippen LogP contribution >= 0.6 is 11.3 Å². The number of carbonyl (C=O) groups is 1. The van der Waals surface area contributed by atoms with Gasteiger partial charge in [-0.1, -0.05) is 36.4 Å². The zero-order chi connectivity index (χ0) is 18.2. The van der Waals surface area contributed by atoms with Gasteiger partial charge in [0.1, 0.15) is 0 Å². The molecule has 1 amide bonds. The minimum Gasteiger partial charge on any atom is -0.333 e. The summed E-state index contributed by atoms with van der Waals surface area (Å²) in [6.07, 6.45) is 10.9. The van der Waals surface area contributed by atoms with Crippen LogP contribution in [0.1, 0.15) is 28.1 Å². The van der Waals surface area contributed by atoms with Crippen molar-refractivity contribution in [3.05, 3.63) is 77.5 Å². The number of amides is 1. The molecule has 2 bridgehead atoms. The minimum absolute atomic E-state index is 0.145. The second-order valence-electron chi connectivity index (χ2n) is 7.74. The van der Waals surface area contributed by atoms with Crippen molar-refractivity contribution in [2.45, 2.75) is 19.4 Å². The molecule has 0 unspecified atom stereocenters. The van der Waals surface area contributed by atoms with Gasteiger partial charge in [0.25, 0.3) is 5.91 Å². The smallest absolute Gasteiger partial charge is 0.264 e. The SMILES string of the molecule is O=C(c1cc2ccccc2s1)N(Cc1cccnc1)C[C@@H]1C[C@H]2C=C[C@H]1C2. The van der Waals surface area contributed by atoms with E-state index in [1.807, 2.05) is 35.4 Å². The van der Waals surface area contributed by atoms with Crippen molar-refractivity contribution in [2.75, 3.05) is 6.54 Å². The van der Waals surface area contributed by atoms with Gasteiger partial charge in [0.2, 0.25) is 0 Å². The molecule has 3 atom stereocenters. The first-order chi connectivity index (χ1) is 13.3. The summed E-state index contributed by atoms with van der Waals surface area (Å²) in [7, 11) is 0. The van der Waals surface area contributed by atoms with Crippen molar-refractivity contribution in [3.8, 4) is 0 Å². The fourth-order valence-electron chi connectivity index (χ4n) is 4.56. The summed E-state index contributed by atoms with van der Waals surface area (Å²) in [5.74, 6) is 2.09. The van der Waals surface area contributed by atoms with Crippen molar-refractivity contribution in [3.63, 3.8) is 0 Å². The predicted octanol–water partition coefficient (Wildman–Crippen LogP) is 5.15. The summed E-state index contributed by atoms with van der Waals surface area (Å²) in [5, 5.41) is 1.15. The summed E-state index contributed by atoms with van der Waals surface area (Å²) < 4.78 is 1.17. The van der Waals surface area contributed by atoms with Gasteiger partial charge >= 0.3 is 0 Å². The average Bonchev–Trinajstić information content (AvgIpc) is 3.42. The second kappa shape index (κ2) is 6.93. The Kier molecular flexibility index (Phi) is 4.29. The molecule has 0 saturated heterocycles. The van der Waals surface area contributed by atoms with Gasteiger partial charge < -0.3 is 4.90 Å². The molecule has 1 aromatic carbocycles. The molecule has 2 aromatic heterocycles. The van der Waals surface area contributed by atoms with E-state index in [1.54, 1.807) is 17.5 Å². The van der Waals surface area contributed by atoms with E-state index in [1.165, 1.54) is 17.5 Å². The maximum absolute atomic E-state index is 13.4. The predicted molar refractivity (Wildman–Crippen MR) is 110 cm³/mol. The molecule has 0 aliphatic heterocycles. The molecule has 0 N–H and O–H groups in total. The van der Waals surface area contributed by atoms with Crippen LogP contribution in [0.2, 0.25) is 0 Å². The van der Waals surface area contributed by atoms with E-state index < -0.39 is 0 Å². The number of fused-ring (bicyclic) bond motifs is 3. The lowest BCUT2D eigenvalue weighted by atomic mass is 9.93. The number of hydrogen-bond acceptors (Lipinski definition) is 3. The fraction of sp³-hybridized carbons (Fsp3) is 0.304. The van der Waals surface area contributed by atoms with E-state index in [-0.39, 0.29) is 5.91 Å². The first-order valence-corrected chi connectivity index (χ1v) is 10.4. The molecule has 1 fully saturated rings. The molecule has 2 aliphatic rings. The van der Waals surface area contributed by atoms with Gasteiger partial charge in [-0.2, -0.15) is 0 Å². The molecule has 3 aromatic rings. The van der Waals surface area contributed by atoms with Crippen LogP contribution < -0.4 is 0 Å². The van der Waals surface area contributed by atoms with Crippen molar-refractivity contribution in [1.29, 1.82) is 0 Å². The van der Waals surface area contributed by atoms with Crippen LogP contribution in [-0.2, 0) is 6.54 Å². The van der Waals surface area contributed by atoms with Crippen molar-refractivity contribution < 1.29 is 4.79 Å². The van der Waals surface area contributed by atoms with Gasteiger partial charge in [-0.05, 0) is 59.7 Å². The Morgan fingerprint density at radius 3 is 2.81 bits per heavy atom. The summed E-state index contributed by atoms with van der Waals surface area (Å²) >= 11 is 1.60. The monoisotopic (exact) mass is 374 g/mol. The third kappa shape index (κ3) is 3.30. The van der Waals surface area contributed by atoms with Crippen LogP contribution in [0, 0.1) is 17.8 Å². The summed E-state index contributed by atoms with van der Waals surface area (Å²) in [6.45, 7) is 1.45. The van der Waals surface area contributed by atoms with E-state index >= 15 is 0 Å². The normalized spacial score (nSPS) is 23.2. The average molecular weight is 375 g/mol. The van der Waals surface area contributed by atoms with Crippen LogP contribution in [0.5, 0.6) is 0 Å². The van der Waals surface area contributed by atoms with Gasteiger partial charge in [-0.25, -0.2) is 0 Å². The highest BCUT2D eigenvalue weighted by Gasteiger charge is 2.37. The highest BCUT2D eigenvalue weighted by molar-refractivity contribution is 7.20. The van der Waals surface area contributed by atoms with Crippen LogP contribution in [0.15, 0.2) is 67.0 Å². The zero-order valence-corrected chi connectivity index (χ0v) is 15.9. The molecule has 0 spiro atoms. The lowest BCUT2D eigenvalue weighted by molar-refractivity contribution is 0.0709. The summed E-state index contributed by atoms with van der Waals surface area (Å²) in [5.41, 5.74) is 1.09. The minimum atomic E-state index is 0.145. The number of aromatic nitrogens is 1. The molecule has 5 rings (SSSR count). The topological polar surface area (TPSA) is 33.2 Å². The molecule has 2 aliphatic carbocycles. The molecule has 0 radical (unpaired) electrons. The van der Waals surface area contributed by atoms with E-state index in [0.29, 0.717) is 18.4 Å². The molecule has 3 nitrogen and oxygen atoms in total. The highest BCUT2D eigenvalue weighted by Crippen LogP contribution is 2.44. The Balaban J connectivity index is 1.42. The maximum atomic E-state index is 13.4. The van der Waals surface area contributed by atoms with Crippen LogP contribution in [0.25, 0.3) is 10.1 Å². The molecule has 2 heterocycles. The Labute approximate surface area is 163 Å². The van der Waals surface area contributed by atoms with Crippen LogP contribution in [-0.4, -0.2) is 22.3 Å². The highest BCUT2D eigenvalue weighted by atomic mass is 32.1. The third-order valence-electron chi connectivity index (χ3n) is 5.89. The summed E-state index contributed by atoms with van der Waals surface area (Å²) in [6, 6.07) is 14.3. The van der Waals surface area contributed by atoms with E-state index in [0.717, 1.165) is 28.3 Å². The van der Waals surface area contributed by atoms with Crippen molar-refractivity contribution >= 4 is 27.3 Å². The van der Waals surface area contributed by atoms with Crippen molar-refractivity contribution in [2.24, 2.45) is 17.8 Å². The van der Waals surface area contributed by atoms with E-state index in [9.17, 15) is 4.79 Å². The molecular formula is C23H22N2OS. The second-order valence-corrected chi connectivity index (χ2v) is 8.82. The first-order valence-electron chi connectivity index (χ1n) is 9.61. The van der Waals surface area contributed by atoms with Gasteiger partial charge in [-0.15, -0.1) is 11.3 Å². The third-order valence-corrected chi connectivity index (χ3v) is 7.00. The number of carbonyl (C=O) groups excluding carboxylic acids is 1. The standard InChI is InChI=1S/C23H22N2OS/c26-23(22-12-19-5-1-2-6-21(19)27-22)25(14-17-4-3-9-24-13-17)15-20-11-16-7-8-18(20)10-16/h1-9,12-13,16,18,20H,10-11,14-15H2/t16-,18-,20-/m0/s1. The first kappa shape index (κ1) is 16.7. The fourth-order valence-corrected chi connectivity index (χ4v) is 5.59. The maximum Gasteiger partial charge on any atom is 0.264 e. The largest absolute Gasteiger partial charge is 0.333 e. The van der Waals surface area contributed by atoms with Crippen molar-refractivity contribution in [1.82, 2.24) is 9.88 Å². The van der Waals surface area contributed by atoms with E-state index in [4.69, 9.17) is 0 Å². The lowest BCUT2D eigenvalue weighted by Gasteiger charge is -2.28. The Hall–Kier alpha value is -2.46. The number of thiophene rings is 1. The number of allylic oxidation sites excluding steroid dienone is 2. The Bertz CT molecular complexity index is 961. The van der Waals surface area contributed by atoms with Gasteiger partial charge in [-0.3, -0.25) is 9.78 Å². The number of nitrogens with zero attached hydrogens (tertiary/aromatic N) is 2. The number of pyridine rings is 1. The number of rotatable bonds is 5. The quantitative estimate of drug-likeness (QED) is 0.579. The van der Waals surface area contributed by atoms with Crippen LogP contribution in [0.4, 0.5) is 0 Å². The Morgan fingerprint density at radius 2 is 2.07 bits per heavy atom. The molecular weight excluding hydrogens is 352 g/mol. The molecule has 4 heteroatoms.